The molecule has 0 aliphatic carbocycles. The van der Waals surface area contributed by atoms with Gasteiger partial charge in [0.15, 0.2) is 0 Å². The standard InChI is InChI=1S/C18H24N2O3/c1-23-18(22)10-9-17(21)20-14-12-19(13-15-20)11-5-8-16-6-3-2-4-7-16/h2-8H,9-15H2,1H3/b8-5+. The third kappa shape index (κ3) is 5.87. The summed E-state index contributed by atoms with van der Waals surface area (Å²) < 4.78 is 4.56. The lowest BCUT2D eigenvalue weighted by atomic mass is 10.2. The number of esters is 1. The van der Waals surface area contributed by atoms with Gasteiger partial charge in [0, 0.05) is 39.1 Å². The van der Waals surface area contributed by atoms with Crippen LogP contribution in [0.4, 0.5) is 0 Å². The quantitative estimate of drug-likeness (QED) is 0.751. The average molecular weight is 316 g/mol. The lowest BCUT2D eigenvalue weighted by Gasteiger charge is -2.34. The molecule has 124 valence electrons. The van der Waals surface area contributed by atoms with Crippen LogP contribution in [-0.2, 0) is 14.3 Å². The summed E-state index contributed by atoms with van der Waals surface area (Å²) >= 11 is 0. The first kappa shape index (κ1) is 17.2. The van der Waals surface area contributed by atoms with E-state index >= 15 is 0 Å². The molecule has 1 saturated heterocycles. The molecule has 1 fully saturated rings. The number of methoxy groups -OCH3 is 1. The van der Waals surface area contributed by atoms with Crippen LogP contribution in [-0.4, -0.2) is 61.5 Å². The monoisotopic (exact) mass is 316 g/mol. The number of piperazine rings is 1. The molecule has 0 saturated carbocycles. The molecule has 5 heteroatoms. The van der Waals surface area contributed by atoms with Crippen molar-refractivity contribution in [3.05, 3.63) is 42.0 Å². The number of hydrogen-bond acceptors (Lipinski definition) is 4. The van der Waals surface area contributed by atoms with E-state index in [0.29, 0.717) is 0 Å². The van der Waals surface area contributed by atoms with Crippen molar-refractivity contribution < 1.29 is 14.3 Å². The summed E-state index contributed by atoms with van der Waals surface area (Å²) in [4.78, 5) is 27.2. The molecule has 1 aromatic rings. The molecule has 0 aromatic heterocycles. The van der Waals surface area contributed by atoms with Crippen molar-refractivity contribution >= 4 is 18.0 Å². The molecule has 1 heterocycles. The summed E-state index contributed by atoms with van der Waals surface area (Å²) in [6, 6.07) is 10.2. The second kappa shape index (κ2) is 9.10. The summed E-state index contributed by atoms with van der Waals surface area (Å²) in [5.74, 6) is -0.294. The highest BCUT2D eigenvalue weighted by Crippen LogP contribution is 2.07. The predicted molar refractivity (Wildman–Crippen MR) is 89.7 cm³/mol. The third-order valence-electron chi connectivity index (χ3n) is 3.97. The molecule has 0 unspecified atom stereocenters. The fourth-order valence-corrected chi connectivity index (χ4v) is 2.55. The Bertz CT molecular complexity index is 534. The molecular weight excluding hydrogens is 292 g/mol. The summed E-state index contributed by atoms with van der Waals surface area (Å²) in [5.41, 5.74) is 1.20. The topological polar surface area (TPSA) is 49.9 Å². The number of carbonyl (C=O) groups is 2. The SMILES string of the molecule is COC(=O)CCC(=O)N1CCN(C/C=C/c2ccccc2)CC1. The highest BCUT2D eigenvalue weighted by molar-refractivity contribution is 5.81. The Kier molecular flexibility index (Phi) is 6.81. The highest BCUT2D eigenvalue weighted by Gasteiger charge is 2.20. The zero-order valence-corrected chi connectivity index (χ0v) is 13.6. The number of nitrogens with zero attached hydrogens (tertiary/aromatic N) is 2. The van der Waals surface area contributed by atoms with Gasteiger partial charge in [0.2, 0.25) is 5.91 Å². The first-order chi connectivity index (χ1) is 11.2. The van der Waals surface area contributed by atoms with E-state index in [1.54, 1.807) is 0 Å². The van der Waals surface area contributed by atoms with Crippen LogP contribution in [0.3, 0.4) is 0 Å². The molecule has 2 rings (SSSR count). The van der Waals surface area contributed by atoms with Crippen LogP contribution in [0, 0.1) is 0 Å². The van der Waals surface area contributed by atoms with Crippen LogP contribution in [0.1, 0.15) is 18.4 Å². The van der Waals surface area contributed by atoms with E-state index < -0.39 is 0 Å². The average Bonchev–Trinajstić information content (AvgIpc) is 2.61. The summed E-state index contributed by atoms with van der Waals surface area (Å²) in [6.07, 6.45) is 4.67. The van der Waals surface area contributed by atoms with E-state index in [2.05, 4.69) is 33.9 Å². The maximum atomic E-state index is 12.0. The molecule has 0 radical (unpaired) electrons. The second-order valence-corrected chi connectivity index (χ2v) is 5.57. The fraction of sp³-hybridized carbons (Fsp3) is 0.444. The molecule has 1 aliphatic rings. The van der Waals surface area contributed by atoms with Gasteiger partial charge >= 0.3 is 5.97 Å². The van der Waals surface area contributed by atoms with E-state index in [-0.39, 0.29) is 24.7 Å². The molecule has 23 heavy (non-hydrogen) atoms. The van der Waals surface area contributed by atoms with Gasteiger partial charge in [-0.3, -0.25) is 14.5 Å². The third-order valence-corrected chi connectivity index (χ3v) is 3.97. The van der Waals surface area contributed by atoms with Gasteiger partial charge in [0.25, 0.3) is 0 Å². The number of carbonyl (C=O) groups excluding carboxylic acids is 2. The van der Waals surface area contributed by atoms with Gasteiger partial charge in [0.05, 0.1) is 13.5 Å². The molecule has 0 spiro atoms. The van der Waals surface area contributed by atoms with Crippen molar-refractivity contribution in [2.75, 3.05) is 39.8 Å². The Labute approximate surface area is 137 Å². The molecule has 1 amide bonds. The van der Waals surface area contributed by atoms with Crippen molar-refractivity contribution in [3.8, 4) is 0 Å². The Hall–Kier alpha value is -2.14. The van der Waals surface area contributed by atoms with E-state index in [4.69, 9.17) is 0 Å². The largest absolute Gasteiger partial charge is 0.469 e. The van der Waals surface area contributed by atoms with Gasteiger partial charge in [0.1, 0.15) is 0 Å². The predicted octanol–water partition coefficient (Wildman–Crippen LogP) is 1.80. The van der Waals surface area contributed by atoms with Gasteiger partial charge in [-0.2, -0.15) is 0 Å². The van der Waals surface area contributed by atoms with Gasteiger partial charge in [-0.15, -0.1) is 0 Å². The normalized spacial score (nSPS) is 15.8. The first-order valence-corrected chi connectivity index (χ1v) is 7.97. The van der Waals surface area contributed by atoms with Crippen molar-refractivity contribution in [1.29, 1.82) is 0 Å². The van der Waals surface area contributed by atoms with E-state index in [9.17, 15) is 9.59 Å². The zero-order valence-electron chi connectivity index (χ0n) is 13.6. The highest BCUT2D eigenvalue weighted by atomic mass is 16.5. The van der Waals surface area contributed by atoms with Gasteiger partial charge in [-0.25, -0.2) is 0 Å². The van der Waals surface area contributed by atoms with Crippen LogP contribution in [0.15, 0.2) is 36.4 Å². The van der Waals surface area contributed by atoms with Gasteiger partial charge in [-0.1, -0.05) is 42.5 Å². The molecule has 0 N–H and O–H groups in total. The van der Waals surface area contributed by atoms with Crippen molar-refractivity contribution in [3.63, 3.8) is 0 Å². The van der Waals surface area contributed by atoms with Crippen molar-refractivity contribution in [2.24, 2.45) is 0 Å². The number of ether oxygens (including phenoxy) is 1. The number of rotatable bonds is 6. The number of benzene rings is 1. The smallest absolute Gasteiger partial charge is 0.306 e. The second-order valence-electron chi connectivity index (χ2n) is 5.57. The molecule has 1 aromatic carbocycles. The molecule has 0 bridgehead atoms. The first-order valence-electron chi connectivity index (χ1n) is 7.97. The lowest BCUT2D eigenvalue weighted by molar-refractivity contribution is -0.144. The zero-order chi connectivity index (χ0) is 16.5. The number of hydrogen-bond donors (Lipinski definition) is 0. The summed E-state index contributed by atoms with van der Waals surface area (Å²) in [6.45, 7) is 4.06. The Morgan fingerprint density at radius 1 is 1.09 bits per heavy atom. The fourth-order valence-electron chi connectivity index (χ4n) is 2.55. The van der Waals surface area contributed by atoms with Gasteiger partial charge < -0.3 is 9.64 Å². The number of amides is 1. The van der Waals surface area contributed by atoms with Crippen LogP contribution < -0.4 is 0 Å². The molecule has 5 nitrogen and oxygen atoms in total. The minimum atomic E-state index is -0.331. The lowest BCUT2D eigenvalue weighted by Crippen LogP contribution is -2.48. The summed E-state index contributed by atoms with van der Waals surface area (Å²) in [7, 11) is 1.34. The minimum Gasteiger partial charge on any atom is -0.469 e. The maximum Gasteiger partial charge on any atom is 0.306 e. The molecule has 0 atom stereocenters. The van der Waals surface area contributed by atoms with Crippen LogP contribution in [0.25, 0.3) is 6.08 Å². The van der Waals surface area contributed by atoms with E-state index in [1.165, 1.54) is 12.7 Å². The van der Waals surface area contributed by atoms with Crippen molar-refractivity contribution in [2.45, 2.75) is 12.8 Å². The van der Waals surface area contributed by atoms with E-state index in [0.717, 1.165) is 32.7 Å². The molecular formula is C18H24N2O3. The van der Waals surface area contributed by atoms with E-state index in [1.807, 2.05) is 23.1 Å². The Morgan fingerprint density at radius 3 is 2.43 bits per heavy atom. The van der Waals surface area contributed by atoms with Crippen LogP contribution >= 0.6 is 0 Å². The van der Waals surface area contributed by atoms with Crippen LogP contribution in [0.2, 0.25) is 0 Å². The van der Waals surface area contributed by atoms with Gasteiger partial charge in [-0.05, 0) is 5.56 Å². The minimum absolute atomic E-state index is 0.0369. The van der Waals surface area contributed by atoms with Crippen LogP contribution in [0.5, 0.6) is 0 Å². The molecule has 1 aliphatic heterocycles. The Morgan fingerprint density at radius 2 is 1.78 bits per heavy atom. The summed E-state index contributed by atoms with van der Waals surface area (Å²) in [5, 5.41) is 0. The van der Waals surface area contributed by atoms with Crippen molar-refractivity contribution in [1.82, 2.24) is 9.80 Å². The Balaban J connectivity index is 1.68. The maximum absolute atomic E-state index is 12.0.